The van der Waals surface area contributed by atoms with Crippen molar-refractivity contribution in [3.05, 3.63) is 81.7 Å². The van der Waals surface area contributed by atoms with E-state index in [0.29, 0.717) is 50.8 Å². The Kier molecular flexibility index (Phi) is 9.91. The van der Waals surface area contributed by atoms with Gasteiger partial charge in [0.15, 0.2) is 0 Å². The number of halogens is 3. The number of carbonyl (C=O) groups is 1. The third-order valence-electron chi connectivity index (χ3n) is 9.61. The molecule has 3 unspecified atom stereocenters. The molecule has 7 nitrogen and oxygen atoms in total. The molecule has 0 bridgehead atoms. The molecule has 246 valence electrons. The Morgan fingerprint density at radius 1 is 1.26 bits per heavy atom. The van der Waals surface area contributed by atoms with Crippen molar-refractivity contribution in [3.63, 3.8) is 0 Å². The van der Waals surface area contributed by atoms with Crippen molar-refractivity contribution in [2.75, 3.05) is 19.7 Å². The van der Waals surface area contributed by atoms with E-state index in [-0.39, 0.29) is 48.4 Å². The molecular weight excluding hydrogens is 613 g/mol. The van der Waals surface area contributed by atoms with Crippen LogP contribution in [0.2, 0.25) is 0 Å². The first-order valence-electron chi connectivity index (χ1n) is 16.1. The molecule has 0 saturated carbocycles. The zero-order chi connectivity index (χ0) is 32.4. The van der Waals surface area contributed by atoms with Crippen LogP contribution in [0.4, 0.5) is 13.2 Å². The number of benzene rings is 1. The number of amidine groups is 1. The van der Waals surface area contributed by atoms with Crippen LogP contribution in [0, 0.1) is 18.7 Å². The van der Waals surface area contributed by atoms with Gasteiger partial charge in [0.2, 0.25) is 12.3 Å². The fourth-order valence-corrected chi connectivity index (χ4v) is 7.98. The van der Waals surface area contributed by atoms with Crippen molar-refractivity contribution < 1.29 is 28.2 Å². The number of nitrogens with one attached hydrogen (secondary N) is 1. The molecule has 4 heterocycles. The molecule has 3 N–H and O–H groups in total. The normalized spacial score (nSPS) is 29.2. The number of amides is 1. The van der Waals surface area contributed by atoms with Crippen LogP contribution >= 0.6 is 11.8 Å². The fourth-order valence-electron chi connectivity index (χ4n) is 7.04. The van der Waals surface area contributed by atoms with Gasteiger partial charge in [-0.15, -0.1) is 11.8 Å². The minimum Gasteiger partial charge on any atom is -0.393 e. The molecule has 4 aliphatic heterocycles. The number of fused-ring (bicyclic) bond motifs is 1. The summed E-state index contributed by atoms with van der Waals surface area (Å²) >= 11 is 1.72. The van der Waals surface area contributed by atoms with Crippen LogP contribution in [0.15, 0.2) is 74.7 Å². The van der Waals surface area contributed by atoms with Crippen molar-refractivity contribution in [2.45, 2.75) is 87.7 Å². The molecule has 1 aromatic carbocycles. The molecule has 6 rings (SSSR count). The summed E-state index contributed by atoms with van der Waals surface area (Å²) < 4.78 is 40.3. The molecule has 0 spiro atoms. The van der Waals surface area contributed by atoms with Gasteiger partial charge in [0, 0.05) is 36.4 Å². The van der Waals surface area contributed by atoms with Crippen LogP contribution < -0.4 is 5.32 Å². The highest BCUT2D eigenvalue weighted by Gasteiger charge is 2.42. The van der Waals surface area contributed by atoms with E-state index in [0.717, 1.165) is 40.4 Å². The lowest BCUT2D eigenvalue weighted by molar-refractivity contribution is -0.117. The summed E-state index contributed by atoms with van der Waals surface area (Å²) in [4.78, 5) is 25.7. The Morgan fingerprint density at radius 3 is 2.85 bits per heavy atom. The highest BCUT2D eigenvalue weighted by atomic mass is 32.2. The van der Waals surface area contributed by atoms with E-state index >= 15 is 0 Å². The molecule has 1 aromatic rings. The summed E-state index contributed by atoms with van der Waals surface area (Å²) in [6.07, 6.45) is 8.60. The summed E-state index contributed by atoms with van der Waals surface area (Å²) in [5.41, 5.74) is 3.82. The zero-order valence-corrected chi connectivity index (χ0v) is 26.8. The van der Waals surface area contributed by atoms with Crippen LogP contribution in [0.3, 0.4) is 0 Å². The molecule has 1 saturated heterocycles. The number of hydrogen-bond donors (Lipinski definition) is 3. The number of alkyl halides is 2. The largest absolute Gasteiger partial charge is 0.393 e. The third kappa shape index (κ3) is 7.06. The van der Waals surface area contributed by atoms with E-state index in [1.54, 1.807) is 17.8 Å². The highest BCUT2D eigenvalue weighted by molar-refractivity contribution is 8.03. The smallest absolute Gasteiger partial charge is 0.246 e. The Labute approximate surface area is 272 Å². The number of nitrogens with zero attached hydrogens (tertiary/aromatic N) is 3. The number of carbonyl (C=O) groups excluding carboxylic acids is 1. The van der Waals surface area contributed by atoms with Gasteiger partial charge >= 0.3 is 0 Å². The Bertz CT molecular complexity index is 1530. The predicted molar refractivity (Wildman–Crippen MR) is 175 cm³/mol. The third-order valence-corrected chi connectivity index (χ3v) is 10.7. The van der Waals surface area contributed by atoms with Gasteiger partial charge in [-0.3, -0.25) is 14.8 Å². The van der Waals surface area contributed by atoms with Gasteiger partial charge in [-0.25, -0.2) is 13.2 Å². The van der Waals surface area contributed by atoms with E-state index in [1.807, 2.05) is 25.2 Å². The molecule has 0 aromatic heterocycles. The number of aliphatic imine (C=N–C) groups is 2. The second-order valence-corrected chi connectivity index (χ2v) is 14.0. The molecule has 1 amide bonds. The number of rotatable bonds is 10. The summed E-state index contributed by atoms with van der Waals surface area (Å²) in [7, 11) is 0. The number of aliphatic hydroxyl groups is 2. The van der Waals surface area contributed by atoms with Gasteiger partial charge in [0.1, 0.15) is 17.7 Å². The first-order valence-corrected chi connectivity index (χ1v) is 17.1. The van der Waals surface area contributed by atoms with Crippen molar-refractivity contribution in [1.29, 1.82) is 0 Å². The maximum atomic E-state index is 14.2. The number of thioether (sulfide) groups is 1. The lowest BCUT2D eigenvalue weighted by Crippen LogP contribution is -2.40. The van der Waals surface area contributed by atoms with Crippen LogP contribution in [0.25, 0.3) is 0 Å². The SMILES string of the molecule is Cc1cc(F)ccc1[C@@H]1N=C(C2CC=CS2)N2C[C@@H](CNC(=O)C3=CCCC(O)(CO)CC3)CC2=C1C1=NC(CCC(F)F)C=C1. The molecule has 1 fully saturated rings. The van der Waals surface area contributed by atoms with Gasteiger partial charge in [-0.1, -0.05) is 24.3 Å². The predicted octanol–water partition coefficient (Wildman–Crippen LogP) is 5.95. The second-order valence-electron chi connectivity index (χ2n) is 12.9. The van der Waals surface area contributed by atoms with Crippen molar-refractivity contribution in [2.24, 2.45) is 15.9 Å². The van der Waals surface area contributed by atoms with Crippen molar-refractivity contribution in [3.8, 4) is 0 Å². The van der Waals surface area contributed by atoms with Gasteiger partial charge < -0.3 is 20.4 Å². The molecule has 0 radical (unpaired) electrons. The molecule has 46 heavy (non-hydrogen) atoms. The topological polar surface area (TPSA) is 97.5 Å². The van der Waals surface area contributed by atoms with Gasteiger partial charge in [0.25, 0.3) is 0 Å². The summed E-state index contributed by atoms with van der Waals surface area (Å²) in [5, 5.41) is 25.4. The van der Waals surface area contributed by atoms with E-state index in [2.05, 4.69) is 21.7 Å². The number of aliphatic hydroxyl groups excluding tert-OH is 1. The minimum absolute atomic E-state index is 0.0768. The van der Waals surface area contributed by atoms with Crippen LogP contribution in [-0.4, -0.2) is 75.6 Å². The van der Waals surface area contributed by atoms with E-state index in [1.165, 1.54) is 12.1 Å². The minimum atomic E-state index is -2.39. The molecular formula is C35H41F3N4O3S. The molecule has 5 atom stereocenters. The monoisotopic (exact) mass is 654 g/mol. The average molecular weight is 655 g/mol. The van der Waals surface area contributed by atoms with E-state index in [4.69, 9.17) is 9.98 Å². The second kappa shape index (κ2) is 13.9. The van der Waals surface area contributed by atoms with Gasteiger partial charge in [-0.05, 0) is 92.5 Å². The quantitative estimate of drug-likeness (QED) is 0.290. The van der Waals surface area contributed by atoms with Crippen LogP contribution in [0.1, 0.15) is 68.5 Å². The number of allylic oxidation sites excluding steroid dienone is 4. The average Bonchev–Trinajstić information content (AvgIpc) is 3.79. The maximum absolute atomic E-state index is 14.2. The number of aryl methyl sites for hydroxylation is 1. The standard InChI is InChI=1S/C35H41F3N4O3S/c1-21-16-24(36)6-9-26(21)32-31(27-10-7-25(40-27)8-11-30(37)38)28-17-22(19-42(28)33(41-32)29-5-3-15-46-29)18-39-34(44)23-4-2-13-35(45,20-43)14-12-23/h3-4,6-7,9-10,15-16,22,25,29-30,32,43,45H,2,5,8,11-14,17-20H2,1H3,(H,39,44)/t22-,25?,29?,32+,35?/m1/s1. The lowest BCUT2D eigenvalue weighted by atomic mass is 9.88. The Hall–Kier alpha value is -3.15. The van der Waals surface area contributed by atoms with E-state index < -0.39 is 18.1 Å². The van der Waals surface area contributed by atoms with E-state index in [9.17, 15) is 28.2 Å². The van der Waals surface area contributed by atoms with Gasteiger partial charge in [-0.2, -0.15) is 0 Å². The van der Waals surface area contributed by atoms with Gasteiger partial charge in [0.05, 0.1) is 29.2 Å². The summed E-state index contributed by atoms with van der Waals surface area (Å²) in [6.45, 7) is 2.65. The lowest BCUT2D eigenvalue weighted by Gasteiger charge is -2.36. The van der Waals surface area contributed by atoms with Crippen molar-refractivity contribution in [1.82, 2.24) is 10.2 Å². The van der Waals surface area contributed by atoms with Crippen molar-refractivity contribution >= 4 is 29.2 Å². The molecule has 1 aliphatic carbocycles. The number of hydrogen-bond acceptors (Lipinski definition) is 7. The fraction of sp³-hybridized carbons (Fsp3) is 0.514. The maximum Gasteiger partial charge on any atom is 0.246 e. The Morgan fingerprint density at radius 2 is 2.11 bits per heavy atom. The first-order chi connectivity index (χ1) is 22.1. The zero-order valence-electron chi connectivity index (χ0n) is 26.0. The molecule has 11 heteroatoms. The van der Waals surface area contributed by atoms with Crippen LogP contribution in [-0.2, 0) is 4.79 Å². The summed E-state index contributed by atoms with van der Waals surface area (Å²) in [5.74, 6) is 0.547. The highest BCUT2D eigenvalue weighted by Crippen LogP contribution is 2.45. The Balaban J connectivity index is 1.30. The first kappa shape index (κ1) is 32.8. The summed E-state index contributed by atoms with van der Waals surface area (Å²) in [6, 6.07) is 3.97. The van der Waals surface area contributed by atoms with Crippen LogP contribution in [0.5, 0.6) is 0 Å². The molecule has 5 aliphatic rings.